The van der Waals surface area contributed by atoms with E-state index in [4.69, 9.17) is 15.8 Å². The second-order valence-electron chi connectivity index (χ2n) is 7.58. The van der Waals surface area contributed by atoms with Crippen LogP contribution in [0.5, 0.6) is 0 Å². The zero-order chi connectivity index (χ0) is 25.1. The standard InChI is InChI=1S/C20H23BrClN3O7S2/c1-33(28,29)32-12-11-23(10-8-21)19-6-5-16(25(26)27)13-20(19)34(30,31)24-9-7-17-15(14-24)3-2-4-18(17)22/h2-6,13H,7-12,14H2,1H3. The molecule has 0 atom stereocenters. The zero-order valence-electron chi connectivity index (χ0n) is 18.2. The van der Waals surface area contributed by atoms with Crippen molar-refractivity contribution >= 4 is 59.0 Å². The summed E-state index contributed by atoms with van der Waals surface area (Å²) in [6.45, 7) is 0.397. The van der Waals surface area contributed by atoms with Crippen LogP contribution < -0.4 is 4.90 Å². The van der Waals surface area contributed by atoms with Gasteiger partial charge in [0.15, 0.2) is 0 Å². The van der Waals surface area contributed by atoms with Crippen LogP contribution in [0.15, 0.2) is 41.3 Å². The van der Waals surface area contributed by atoms with Crippen molar-refractivity contribution in [2.24, 2.45) is 0 Å². The van der Waals surface area contributed by atoms with Crippen molar-refractivity contribution < 1.29 is 25.9 Å². The molecule has 1 heterocycles. The largest absolute Gasteiger partial charge is 0.367 e. The molecule has 0 fully saturated rings. The van der Waals surface area contributed by atoms with Crippen molar-refractivity contribution in [1.82, 2.24) is 4.31 Å². The van der Waals surface area contributed by atoms with Crippen LogP contribution in [-0.4, -0.2) is 63.9 Å². The molecule has 0 bridgehead atoms. The predicted molar refractivity (Wildman–Crippen MR) is 133 cm³/mol. The molecule has 0 radical (unpaired) electrons. The van der Waals surface area contributed by atoms with Gasteiger partial charge in [0.05, 0.1) is 23.5 Å². The minimum Gasteiger partial charge on any atom is -0.367 e. The normalized spacial score (nSPS) is 14.6. The third-order valence-electron chi connectivity index (χ3n) is 5.30. The van der Waals surface area contributed by atoms with Crippen LogP contribution >= 0.6 is 27.5 Å². The number of alkyl halides is 1. The number of nitrogens with zero attached hydrogens (tertiary/aromatic N) is 3. The minimum absolute atomic E-state index is 0.0530. The van der Waals surface area contributed by atoms with E-state index in [1.54, 1.807) is 23.1 Å². The zero-order valence-corrected chi connectivity index (χ0v) is 22.2. The van der Waals surface area contributed by atoms with Gasteiger partial charge in [0, 0.05) is 48.7 Å². The Hall–Kier alpha value is -1.77. The van der Waals surface area contributed by atoms with E-state index >= 15 is 0 Å². The van der Waals surface area contributed by atoms with Crippen molar-refractivity contribution in [1.29, 1.82) is 0 Å². The Morgan fingerprint density at radius 3 is 2.59 bits per heavy atom. The molecular formula is C20H23BrClN3O7S2. The molecule has 1 aliphatic rings. The summed E-state index contributed by atoms with van der Waals surface area (Å²) >= 11 is 9.56. The highest BCUT2D eigenvalue weighted by molar-refractivity contribution is 9.09. The topological polar surface area (TPSA) is 127 Å². The van der Waals surface area contributed by atoms with Crippen molar-refractivity contribution in [3.8, 4) is 0 Å². The first-order valence-corrected chi connectivity index (χ1v) is 14.9. The molecule has 10 nitrogen and oxygen atoms in total. The SMILES string of the molecule is CS(=O)(=O)OCCN(CCBr)c1ccc([N+](=O)[O-])cc1S(=O)(=O)N1CCc2c(Cl)cccc2C1. The van der Waals surface area contributed by atoms with E-state index in [0.29, 0.717) is 23.3 Å². The van der Waals surface area contributed by atoms with Gasteiger partial charge in [-0.3, -0.25) is 14.3 Å². The summed E-state index contributed by atoms with van der Waals surface area (Å²) in [6, 6.07) is 8.92. The lowest BCUT2D eigenvalue weighted by Gasteiger charge is -2.31. The maximum absolute atomic E-state index is 13.7. The van der Waals surface area contributed by atoms with E-state index in [1.807, 2.05) is 0 Å². The number of rotatable bonds is 10. The summed E-state index contributed by atoms with van der Waals surface area (Å²) < 4.78 is 56.2. The first-order valence-electron chi connectivity index (χ1n) is 10.1. The average molecular weight is 597 g/mol. The number of sulfonamides is 1. The van der Waals surface area contributed by atoms with Gasteiger partial charge in [0.2, 0.25) is 10.0 Å². The monoisotopic (exact) mass is 595 g/mol. The van der Waals surface area contributed by atoms with Crippen LogP contribution in [0, 0.1) is 10.1 Å². The van der Waals surface area contributed by atoms with E-state index in [2.05, 4.69) is 15.9 Å². The Kier molecular flexibility index (Phi) is 8.58. The van der Waals surface area contributed by atoms with Crippen LogP contribution in [0.2, 0.25) is 5.02 Å². The lowest BCUT2D eigenvalue weighted by Crippen LogP contribution is -2.38. The molecule has 0 aliphatic carbocycles. The third-order valence-corrected chi connectivity index (χ3v) is 8.48. The third kappa shape index (κ3) is 6.26. The van der Waals surface area contributed by atoms with E-state index < -0.39 is 25.1 Å². The Bertz CT molecular complexity index is 1290. The molecule has 0 amide bonds. The van der Waals surface area contributed by atoms with E-state index in [1.165, 1.54) is 16.4 Å². The number of benzene rings is 2. The van der Waals surface area contributed by atoms with Crippen LogP contribution in [0.4, 0.5) is 11.4 Å². The number of fused-ring (bicyclic) bond motifs is 1. The van der Waals surface area contributed by atoms with Crippen molar-refractivity contribution in [2.75, 3.05) is 42.7 Å². The Labute approximate surface area is 211 Å². The fourth-order valence-electron chi connectivity index (χ4n) is 3.72. The highest BCUT2D eigenvalue weighted by Gasteiger charge is 2.33. The van der Waals surface area contributed by atoms with Gasteiger partial charge in [-0.1, -0.05) is 39.7 Å². The van der Waals surface area contributed by atoms with Crippen LogP contribution in [0.3, 0.4) is 0 Å². The highest BCUT2D eigenvalue weighted by Crippen LogP contribution is 2.35. The molecule has 34 heavy (non-hydrogen) atoms. The molecule has 0 spiro atoms. The smallest absolute Gasteiger partial charge is 0.270 e. The number of nitro benzene ring substituents is 1. The first kappa shape index (κ1) is 26.8. The number of nitro groups is 1. The average Bonchev–Trinajstić information content (AvgIpc) is 2.77. The van der Waals surface area contributed by atoms with E-state index in [9.17, 15) is 26.9 Å². The molecule has 186 valence electrons. The summed E-state index contributed by atoms with van der Waals surface area (Å²) in [6.07, 6.45) is 1.33. The van der Waals surface area contributed by atoms with Gasteiger partial charge in [0.1, 0.15) is 4.90 Å². The molecular weight excluding hydrogens is 574 g/mol. The minimum atomic E-state index is -4.15. The molecule has 0 saturated carbocycles. The van der Waals surface area contributed by atoms with Gasteiger partial charge in [-0.25, -0.2) is 8.42 Å². The summed E-state index contributed by atoms with van der Waals surface area (Å²) in [4.78, 5) is 12.2. The summed E-state index contributed by atoms with van der Waals surface area (Å²) in [5, 5.41) is 12.4. The molecule has 1 aliphatic heterocycles. The van der Waals surface area contributed by atoms with Crippen molar-refractivity contribution in [3.63, 3.8) is 0 Å². The molecule has 3 rings (SSSR count). The fraction of sp³-hybridized carbons (Fsp3) is 0.400. The molecule has 2 aromatic carbocycles. The Morgan fingerprint density at radius 1 is 1.21 bits per heavy atom. The van der Waals surface area contributed by atoms with Crippen LogP contribution in [0.1, 0.15) is 11.1 Å². The predicted octanol–water partition coefficient (Wildman–Crippen LogP) is 3.17. The number of hydrogen-bond donors (Lipinski definition) is 0. The maximum atomic E-state index is 13.7. The van der Waals surface area contributed by atoms with Gasteiger partial charge in [-0.15, -0.1) is 0 Å². The van der Waals surface area contributed by atoms with Gasteiger partial charge in [0.25, 0.3) is 15.8 Å². The number of anilines is 1. The van der Waals surface area contributed by atoms with Crippen LogP contribution in [0.25, 0.3) is 0 Å². The summed E-state index contributed by atoms with van der Waals surface area (Å²) in [5.74, 6) is 0. The van der Waals surface area contributed by atoms with Gasteiger partial charge in [-0.2, -0.15) is 12.7 Å². The molecule has 0 aromatic heterocycles. The first-order chi connectivity index (χ1) is 15.9. The lowest BCUT2D eigenvalue weighted by atomic mass is 10.0. The molecule has 0 unspecified atom stereocenters. The van der Waals surface area contributed by atoms with Gasteiger partial charge in [-0.05, 0) is 29.7 Å². The fourth-order valence-corrected chi connectivity index (χ4v) is 6.46. The van der Waals surface area contributed by atoms with Crippen molar-refractivity contribution in [2.45, 2.75) is 17.9 Å². The molecule has 0 N–H and O–H groups in total. The quantitative estimate of drug-likeness (QED) is 0.177. The summed E-state index contributed by atoms with van der Waals surface area (Å²) in [5.41, 5.74) is 1.51. The second kappa shape index (κ2) is 10.9. The summed E-state index contributed by atoms with van der Waals surface area (Å²) in [7, 11) is -7.84. The number of non-ortho nitro benzene ring substituents is 1. The van der Waals surface area contributed by atoms with Gasteiger partial charge >= 0.3 is 0 Å². The molecule has 0 saturated heterocycles. The Morgan fingerprint density at radius 2 is 1.94 bits per heavy atom. The lowest BCUT2D eigenvalue weighted by molar-refractivity contribution is -0.385. The number of halogens is 2. The molecule has 2 aromatic rings. The van der Waals surface area contributed by atoms with E-state index in [-0.39, 0.29) is 42.5 Å². The maximum Gasteiger partial charge on any atom is 0.270 e. The number of hydrogen-bond acceptors (Lipinski definition) is 8. The second-order valence-corrected chi connectivity index (χ2v) is 12.3. The highest BCUT2D eigenvalue weighted by atomic mass is 79.9. The molecule has 14 heteroatoms. The van der Waals surface area contributed by atoms with Crippen LogP contribution in [-0.2, 0) is 37.3 Å². The Balaban J connectivity index is 2.02. The van der Waals surface area contributed by atoms with Crippen molar-refractivity contribution in [3.05, 3.63) is 62.7 Å². The van der Waals surface area contributed by atoms with E-state index in [0.717, 1.165) is 23.4 Å². The van der Waals surface area contributed by atoms with Gasteiger partial charge < -0.3 is 4.90 Å².